The second-order valence-corrected chi connectivity index (χ2v) is 7.60. The molecule has 1 aromatic carbocycles. The van der Waals surface area contributed by atoms with E-state index in [0.29, 0.717) is 42.4 Å². The summed E-state index contributed by atoms with van der Waals surface area (Å²) in [7, 11) is 1.33. The minimum absolute atomic E-state index is 0.0331. The van der Waals surface area contributed by atoms with Crippen LogP contribution in [0.2, 0.25) is 0 Å². The predicted octanol–water partition coefficient (Wildman–Crippen LogP) is 4.57. The van der Waals surface area contributed by atoms with E-state index in [0.717, 1.165) is 19.3 Å². The van der Waals surface area contributed by atoms with Crippen molar-refractivity contribution in [1.82, 2.24) is 0 Å². The van der Waals surface area contributed by atoms with Crippen LogP contribution in [-0.4, -0.2) is 37.3 Å². The number of anilines is 1. The molecule has 28 heavy (non-hydrogen) atoms. The molecule has 2 rings (SSSR count). The Morgan fingerprint density at radius 2 is 1.93 bits per heavy atom. The van der Waals surface area contributed by atoms with Crippen LogP contribution in [-0.2, 0) is 14.3 Å². The van der Waals surface area contributed by atoms with Gasteiger partial charge in [0, 0.05) is 12.3 Å². The van der Waals surface area contributed by atoms with E-state index in [1.807, 2.05) is 20.8 Å². The maximum absolute atomic E-state index is 13.1. The van der Waals surface area contributed by atoms with Gasteiger partial charge in [0.2, 0.25) is 0 Å². The van der Waals surface area contributed by atoms with Gasteiger partial charge < -0.3 is 19.5 Å². The van der Waals surface area contributed by atoms with E-state index in [1.54, 1.807) is 18.2 Å². The molecule has 1 amide bonds. The third-order valence-electron chi connectivity index (χ3n) is 5.46. The number of ether oxygens (including phenoxy) is 3. The lowest BCUT2D eigenvalue weighted by atomic mass is 9.78. The van der Waals surface area contributed by atoms with Crippen molar-refractivity contribution in [2.45, 2.75) is 71.5 Å². The SMILES string of the molecule is CCOC1(C(=O)Nc2ccc(O[C@@H](C)CC)c(C(=O)OC)c2)CCC(C)CC1. The number of nitrogens with one attached hydrogen (secondary N) is 1. The molecule has 1 aliphatic rings. The van der Waals surface area contributed by atoms with E-state index in [1.165, 1.54) is 7.11 Å². The molecule has 0 radical (unpaired) electrons. The average Bonchev–Trinajstić information content (AvgIpc) is 2.70. The summed E-state index contributed by atoms with van der Waals surface area (Å²) in [5, 5.41) is 2.94. The van der Waals surface area contributed by atoms with Crippen molar-refractivity contribution in [2.75, 3.05) is 19.0 Å². The normalized spacial score (nSPS) is 23.0. The Labute approximate surface area is 167 Å². The molecule has 1 aromatic rings. The number of benzene rings is 1. The first-order chi connectivity index (χ1) is 13.3. The van der Waals surface area contributed by atoms with Gasteiger partial charge in [0.25, 0.3) is 5.91 Å². The van der Waals surface area contributed by atoms with Crippen LogP contribution < -0.4 is 10.1 Å². The predicted molar refractivity (Wildman–Crippen MR) is 109 cm³/mol. The van der Waals surface area contributed by atoms with Crippen LogP contribution in [0.3, 0.4) is 0 Å². The molecular weight excluding hydrogens is 358 g/mol. The van der Waals surface area contributed by atoms with E-state index in [-0.39, 0.29) is 12.0 Å². The highest BCUT2D eigenvalue weighted by Crippen LogP contribution is 2.36. The first kappa shape index (κ1) is 22.2. The van der Waals surface area contributed by atoms with E-state index in [4.69, 9.17) is 14.2 Å². The molecule has 0 heterocycles. The molecule has 1 N–H and O–H groups in total. The summed E-state index contributed by atoms with van der Waals surface area (Å²) in [4.78, 5) is 25.3. The smallest absolute Gasteiger partial charge is 0.341 e. The highest BCUT2D eigenvalue weighted by molar-refractivity contribution is 5.99. The lowest BCUT2D eigenvalue weighted by Gasteiger charge is -2.37. The fourth-order valence-electron chi connectivity index (χ4n) is 3.47. The molecular formula is C22H33NO5. The Morgan fingerprint density at radius 1 is 1.25 bits per heavy atom. The summed E-state index contributed by atoms with van der Waals surface area (Å²) in [6.07, 6.45) is 4.11. The molecule has 0 saturated heterocycles. The maximum atomic E-state index is 13.1. The van der Waals surface area contributed by atoms with E-state index < -0.39 is 11.6 Å². The number of methoxy groups -OCH3 is 1. The zero-order valence-electron chi connectivity index (χ0n) is 17.7. The lowest BCUT2D eigenvalue weighted by Crippen LogP contribution is -2.48. The fourth-order valence-corrected chi connectivity index (χ4v) is 3.47. The maximum Gasteiger partial charge on any atom is 0.341 e. The molecule has 1 fully saturated rings. The van der Waals surface area contributed by atoms with Crippen LogP contribution in [0.5, 0.6) is 5.75 Å². The van der Waals surface area contributed by atoms with Crippen LogP contribution in [0.1, 0.15) is 70.2 Å². The van der Waals surface area contributed by atoms with Gasteiger partial charge in [0.05, 0.1) is 13.2 Å². The first-order valence-electron chi connectivity index (χ1n) is 10.2. The third kappa shape index (κ3) is 5.25. The number of hydrogen-bond acceptors (Lipinski definition) is 5. The average molecular weight is 392 g/mol. The van der Waals surface area contributed by atoms with Gasteiger partial charge in [-0.1, -0.05) is 13.8 Å². The molecule has 156 valence electrons. The Bertz CT molecular complexity index is 680. The summed E-state index contributed by atoms with van der Waals surface area (Å²) < 4.78 is 16.6. The fraction of sp³-hybridized carbons (Fsp3) is 0.636. The van der Waals surface area contributed by atoms with Crippen LogP contribution in [0.15, 0.2) is 18.2 Å². The number of amides is 1. The van der Waals surface area contributed by atoms with Crippen molar-refractivity contribution in [3.8, 4) is 5.75 Å². The van der Waals surface area contributed by atoms with Crippen molar-refractivity contribution in [3.63, 3.8) is 0 Å². The highest BCUT2D eigenvalue weighted by Gasteiger charge is 2.42. The number of esters is 1. The molecule has 0 aliphatic heterocycles. The number of carbonyl (C=O) groups is 2. The molecule has 1 atom stereocenters. The van der Waals surface area contributed by atoms with Crippen molar-refractivity contribution in [1.29, 1.82) is 0 Å². The summed E-state index contributed by atoms with van der Waals surface area (Å²) in [5.41, 5.74) is 0.0152. The van der Waals surface area contributed by atoms with Gasteiger partial charge >= 0.3 is 5.97 Å². The topological polar surface area (TPSA) is 73.9 Å². The van der Waals surface area contributed by atoms with Gasteiger partial charge in [-0.2, -0.15) is 0 Å². The number of hydrogen-bond donors (Lipinski definition) is 1. The minimum Gasteiger partial charge on any atom is -0.490 e. The van der Waals surface area contributed by atoms with E-state index >= 15 is 0 Å². The van der Waals surface area contributed by atoms with Crippen molar-refractivity contribution >= 4 is 17.6 Å². The molecule has 0 unspecified atom stereocenters. The Hall–Kier alpha value is -2.08. The third-order valence-corrected chi connectivity index (χ3v) is 5.46. The molecule has 6 nitrogen and oxygen atoms in total. The summed E-state index contributed by atoms with van der Waals surface area (Å²) in [6, 6.07) is 5.05. The Balaban J connectivity index is 2.24. The monoisotopic (exact) mass is 391 g/mol. The van der Waals surface area contributed by atoms with Crippen LogP contribution in [0.25, 0.3) is 0 Å². The molecule has 0 aromatic heterocycles. The molecule has 6 heteroatoms. The highest BCUT2D eigenvalue weighted by atomic mass is 16.5. The van der Waals surface area contributed by atoms with Crippen molar-refractivity contribution < 1.29 is 23.8 Å². The summed E-state index contributed by atoms with van der Waals surface area (Å²) in [6.45, 7) is 8.54. The summed E-state index contributed by atoms with van der Waals surface area (Å²) >= 11 is 0. The molecule has 1 aliphatic carbocycles. The van der Waals surface area contributed by atoms with Crippen LogP contribution in [0, 0.1) is 5.92 Å². The summed E-state index contributed by atoms with van der Waals surface area (Å²) in [5.74, 6) is 0.391. The second kappa shape index (κ2) is 9.92. The largest absolute Gasteiger partial charge is 0.490 e. The van der Waals surface area contributed by atoms with Gasteiger partial charge in [-0.3, -0.25) is 4.79 Å². The van der Waals surface area contributed by atoms with Crippen molar-refractivity contribution in [3.05, 3.63) is 23.8 Å². The quantitative estimate of drug-likeness (QED) is 0.657. The Kier molecular flexibility index (Phi) is 7.87. The number of carbonyl (C=O) groups excluding carboxylic acids is 2. The molecule has 0 spiro atoms. The lowest BCUT2D eigenvalue weighted by molar-refractivity contribution is -0.146. The Morgan fingerprint density at radius 3 is 2.50 bits per heavy atom. The van der Waals surface area contributed by atoms with Gasteiger partial charge in [-0.25, -0.2) is 4.79 Å². The van der Waals surface area contributed by atoms with Gasteiger partial charge in [-0.05, 0) is 70.1 Å². The van der Waals surface area contributed by atoms with E-state index in [2.05, 4.69) is 12.2 Å². The standard InChI is InChI=1S/C22H33NO5/c1-6-16(4)28-19-9-8-17(14-18(19)20(24)26-5)23-21(25)22(27-7-2)12-10-15(3)11-13-22/h8-9,14-16H,6-7,10-13H2,1-5H3,(H,23,25)/t15?,16-,22?/m0/s1. The van der Waals surface area contributed by atoms with Crippen LogP contribution in [0.4, 0.5) is 5.69 Å². The zero-order valence-corrected chi connectivity index (χ0v) is 17.7. The van der Waals surface area contributed by atoms with Crippen LogP contribution >= 0.6 is 0 Å². The first-order valence-corrected chi connectivity index (χ1v) is 10.2. The number of rotatable bonds is 8. The van der Waals surface area contributed by atoms with Gasteiger partial charge in [0.1, 0.15) is 16.9 Å². The molecule has 0 bridgehead atoms. The van der Waals surface area contributed by atoms with Crippen molar-refractivity contribution in [2.24, 2.45) is 5.92 Å². The zero-order chi connectivity index (χ0) is 20.7. The van der Waals surface area contributed by atoms with E-state index in [9.17, 15) is 9.59 Å². The molecule has 1 saturated carbocycles. The van der Waals surface area contributed by atoms with Gasteiger partial charge in [-0.15, -0.1) is 0 Å². The minimum atomic E-state index is -0.807. The second-order valence-electron chi connectivity index (χ2n) is 7.60. The van der Waals surface area contributed by atoms with Gasteiger partial charge in [0.15, 0.2) is 0 Å².